The van der Waals surface area contributed by atoms with E-state index in [1.807, 2.05) is 30.3 Å². The van der Waals surface area contributed by atoms with E-state index >= 15 is 0 Å². The van der Waals surface area contributed by atoms with Gasteiger partial charge in [-0.1, -0.05) is 22.0 Å². The molecule has 1 unspecified atom stereocenters. The van der Waals surface area contributed by atoms with Crippen LogP contribution >= 0.6 is 15.9 Å². The zero-order valence-corrected chi connectivity index (χ0v) is 68.4. The van der Waals surface area contributed by atoms with E-state index < -0.39 is 85.8 Å². The molecule has 2 N–H and O–H groups in total. The first-order valence-electron chi connectivity index (χ1n) is 35.7. The van der Waals surface area contributed by atoms with E-state index in [0.29, 0.717) is 91.4 Å². The summed E-state index contributed by atoms with van der Waals surface area (Å²) in [6.07, 6.45) is 7.52. The molecule has 0 bridgehead atoms. The second kappa shape index (κ2) is 36.2. The molecular formula is C82H70BrF4N5O23S4. The van der Waals surface area contributed by atoms with Crippen LogP contribution in [0.4, 0.5) is 17.6 Å². The molecule has 1 aromatic heterocycles. The van der Waals surface area contributed by atoms with Gasteiger partial charge in [0.05, 0.1) is 131 Å². The normalized spacial score (nSPS) is 16.5. The molecule has 3 fully saturated rings. The number of sulfone groups is 4. The number of hydrogen-bond donors (Lipinski definition) is 2. The largest absolute Gasteiger partial charge is 0.619 e. The summed E-state index contributed by atoms with van der Waals surface area (Å²) in [4.78, 5) is 24.7. The number of pyridine rings is 1. The van der Waals surface area contributed by atoms with Crippen molar-refractivity contribution in [2.45, 2.75) is 87.2 Å². The number of Topliss-reactive ketones (excluding diaryl/α,β-unsaturated/α-hetero) is 2. The fraction of sp³-hybridized carbons (Fsp3) is 0.280. The fourth-order valence-corrected chi connectivity index (χ4v) is 18.7. The number of aromatic nitrogens is 1. The van der Waals surface area contributed by atoms with Gasteiger partial charge in [0, 0.05) is 131 Å². The SMILES string of the molecule is CS(=O)(=O)c1ccc(Oc2cc(F)cc(C#N)c2)c2c1C(=O)CC2.CS(=O)(=O)c1ccc(Oc2cc(F)cc(C#N)c2)c2c1C1(CC2)OCCO1.CS(=O)(=O)c1ccc(Oc2cc(F)cc(C#N)c2)c2c1C1(CC2=O)OCCO1.CS(=O)(=O)c1ccc(Oc2cc(F)cc(C#N)c2)c2c1C1(CC2Br)OCCO1.Cc1cccc[n+]1[O-].OCCO. The summed E-state index contributed by atoms with van der Waals surface area (Å²) in [5.74, 6) is -5.40. The van der Waals surface area contributed by atoms with Crippen molar-refractivity contribution < 1.29 is 123 Å². The van der Waals surface area contributed by atoms with Crippen molar-refractivity contribution in [1.29, 1.82) is 21.0 Å². The van der Waals surface area contributed by atoms with Gasteiger partial charge in [-0.2, -0.15) is 25.8 Å². The van der Waals surface area contributed by atoms with Crippen LogP contribution in [-0.2, 0) is 98.0 Å². The minimum atomic E-state index is -3.69. The van der Waals surface area contributed by atoms with Crippen LogP contribution in [0.5, 0.6) is 46.0 Å². The maximum absolute atomic E-state index is 13.8. The zero-order valence-electron chi connectivity index (χ0n) is 63.6. The average Bonchev–Trinajstić information content (AvgIpc) is 1.57. The van der Waals surface area contributed by atoms with Crippen molar-refractivity contribution in [1.82, 2.24) is 0 Å². The van der Waals surface area contributed by atoms with Crippen LogP contribution < -0.4 is 23.7 Å². The molecule has 4 aliphatic carbocycles. The predicted octanol–water partition coefficient (Wildman–Crippen LogP) is 12.3. The summed E-state index contributed by atoms with van der Waals surface area (Å²) in [7, 11) is -14.3. The molecule has 37 heteroatoms. The second-order valence-electron chi connectivity index (χ2n) is 27.3. The fourth-order valence-electron chi connectivity index (χ4n) is 14.1. The minimum absolute atomic E-state index is 0.00728. The molecule has 4 heterocycles. The van der Waals surface area contributed by atoms with Crippen LogP contribution in [0.25, 0.3) is 0 Å². The highest BCUT2D eigenvalue weighted by molar-refractivity contribution is 9.09. The number of ether oxygens (including phenoxy) is 10. The lowest BCUT2D eigenvalue weighted by Crippen LogP contribution is -2.28. The lowest BCUT2D eigenvalue weighted by Gasteiger charge is -2.25. The average molecular weight is 1780 g/mol. The standard InChI is InChI=1S/C19H15BrFNO5S.C19H14FNO6S.C19H16FNO5S.C17H12FNO4S.C6H7NO.C2H6O2/c1-28(23,24)16-3-2-15(27-13-7-11(10-22)6-12(21)8-13)17-14(20)9-19(18(16)17)25-4-5-26-19;1-28(23,24)16-3-2-15(27-13-7-11(10-21)6-12(20)8-13)17-14(22)9-19(18(16)17)25-4-5-26-19;1-27(22,23)17-3-2-16(26-14-9-12(11-21)8-13(20)10-14)15-4-5-19(18(15)17)24-6-7-25-19;1-24(21,22)16-5-4-15(13-2-3-14(20)17(13)16)23-12-7-10(9-19)6-11(18)8-12;1-6-4-2-3-5-7(6)8;3-1-2-4/h2-3,6-8,14H,4-5,9H2,1H3;2-3,6-8H,4-5,9H2,1H3;2-3,8-10H,4-7H2,1H3;4-8H,2-3H2,1H3;2-5H,1H3;3-4H,1-2H2. The quantitative estimate of drug-likeness (QED) is 0.0468. The predicted molar refractivity (Wildman–Crippen MR) is 414 cm³/mol. The lowest BCUT2D eigenvalue weighted by atomic mass is 10.1. The van der Waals surface area contributed by atoms with Crippen molar-refractivity contribution in [3.8, 4) is 70.3 Å². The minimum Gasteiger partial charge on any atom is -0.619 e. The Bertz CT molecular complexity index is 6170. The topological polar surface area (TPSA) is 426 Å². The van der Waals surface area contributed by atoms with E-state index in [4.69, 9.17) is 78.6 Å². The molecule has 7 aliphatic rings. The Balaban J connectivity index is 0.000000148. The Hall–Kier alpha value is -11.1. The Kier molecular flexibility index (Phi) is 27.0. The summed E-state index contributed by atoms with van der Waals surface area (Å²) in [6, 6.07) is 38.4. The first-order chi connectivity index (χ1) is 56.3. The van der Waals surface area contributed by atoms with Gasteiger partial charge in [-0.3, -0.25) is 9.59 Å². The van der Waals surface area contributed by atoms with Gasteiger partial charge in [0.25, 0.3) is 0 Å². The molecule has 0 radical (unpaired) electrons. The number of fused-ring (bicyclic) bond motifs is 7. The maximum atomic E-state index is 13.8. The van der Waals surface area contributed by atoms with Crippen LogP contribution in [0.3, 0.4) is 0 Å². The molecule has 0 amide bonds. The Morgan fingerprint density at radius 2 is 0.840 bits per heavy atom. The van der Waals surface area contributed by atoms with Gasteiger partial charge in [-0.15, -0.1) is 0 Å². The Morgan fingerprint density at radius 3 is 1.25 bits per heavy atom. The maximum Gasteiger partial charge on any atom is 0.204 e. The van der Waals surface area contributed by atoms with E-state index in [2.05, 4.69) is 15.9 Å². The summed E-state index contributed by atoms with van der Waals surface area (Å²) >= 11 is 3.57. The number of carbonyl (C=O) groups excluding carboxylic acids is 2. The van der Waals surface area contributed by atoms with Gasteiger partial charge in [0.15, 0.2) is 74.4 Å². The second-order valence-corrected chi connectivity index (χ2v) is 36.3. The van der Waals surface area contributed by atoms with Gasteiger partial charge < -0.3 is 62.8 Å². The van der Waals surface area contributed by atoms with Gasteiger partial charge >= 0.3 is 0 Å². The summed E-state index contributed by atoms with van der Waals surface area (Å²) in [5.41, 5.74) is 3.98. The number of aliphatic hydroxyl groups excluding tert-OH is 2. The molecule has 3 spiro atoms. The van der Waals surface area contributed by atoms with E-state index in [-0.39, 0.29) is 143 Å². The molecule has 16 rings (SSSR count). The smallest absolute Gasteiger partial charge is 0.204 e. The first-order valence-corrected chi connectivity index (χ1v) is 44.2. The molecule has 119 heavy (non-hydrogen) atoms. The van der Waals surface area contributed by atoms with Crippen molar-refractivity contribution in [2.75, 3.05) is 77.9 Å². The van der Waals surface area contributed by atoms with Crippen LogP contribution in [0, 0.1) is 80.7 Å². The molecular weight excluding hydrogens is 1710 g/mol. The molecule has 9 aromatic rings. The number of nitriles is 4. The highest BCUT2D eigenvalue weighted by Gasteiger charge is 2.54. The Morgan fingerprint density at radius 1 is 0.462 bits per heavy atom. The monoisotopic (exact) mass is 1780 g/mol. The Labute approximate surface area is 688 Å². The number of rotatable bonds is 13. The summed E-state index contributed by atoms with van der Waals surface area (Å²) in [6.45, 7) is 3.41. The van der Waals surface area contributed by atoms with Gasteiger partial charge in [0.1, 0.15) is 69.3 Å². The van der Waals surface area contributed by atoms with Gasteiger partial charge in [-0.25, -0.2) is 51.2 Å². The van der Waals surface area contributed by atoms with Gasteiger partial charge in [0.2, 0.25) is 5.79 Å². The van der Waals surface area contributed by atoms with Gasteiger partial charge in [-0.05, 0) is 110 Å². The summed E-state index contributed by atoms with van der Waals surface area (Å²) < 4.78 is 211. The number of halogens is 5. The van der Waals surface area contributed by atoms with Crippen LogP contribution in [-0.4, -0.2) is 133 Å². The van der Waals surface area contributed by atoms with Crippen molar-refractivity contribution in [3.05, 3.63) is 247 Å². The van der Waals surface area contributed by atoms with Crippen LogP contribution in [0.1, 0.15) is 113 Å². The van der Waals surface area contributed by atoms with Crippen molar-refractivity contribution >= 4 is 66.8 Å². The molecule has 1 atom stereocenters. The van der Waals surface area contributed by atoms with E-state index in [1.54, 1.807) is 25.1 Å². The number of aliphatic hydroxyl groups is 2. The molecule has 3 saturated heterocycles. The number of benzene rings is 8. The third kappa shape index (κ3) is 19.9. The number of hydrogen-bond acceptors (Lipinski definition) is 27. The highest BCUT2D eigenvalue weighted by Crippen LogP contribution is 2.58. The first kappa shape index (κ1) is 88.7. The van der Waals surface area contributed by atoms with E-state index in [9.17, 15) is 66.0 Å². The number of ketones is 2. The van der Waals surface area contributed by atoms with Crippen LogP contribution in [0.15, 0.2) is 165 Å². The lowest BCUT2D eigenvalue weighted by molar-refractivity contribution is -0.612. The number of aryl methyl sites for hydroxylation is 1. The number of nitrogens with zero attached hydrogens (tertiary/aromatic N) is 5. The van der Waals surface area contributed by atoms with E-state index in [0.717, 1.165) is 77.9 Å². The van der Waals surface area contributed by atoms with Crippen molar-refractivity contribution in [3.63, 3.8) is 0 Å². The third-order valence-corrected chi connectivity index (χ3v) is 24.1. The number of alkyl halides is 1. The highest BCUT2D eigenvalue weighted by atomic mass is 79.9. The third-order valence-electron chi connectivity index (χ3n) is 18.8. The molecule has 0 saturated carbocycles. The molecule has 8 aromatic carbocycles. The van der Waals surface area contributed by atoms with Crippen LogP contribution in [0.2, 0.25) is 0 Å². The number of carbonyl (C=O) groups is 2. The van der Waals surface area contributed by atoms with Crippen molar-refractivity contribution in [2.24, 2.45) is 0 Å². The summed E-state index contributed by atoms with van der Waals surface area (Å²) in [5, 5.41) is 61.7. The molecule has 3 aliphatic heterocycles. The van der Waals surface area contributed by atoms with E-state index in [1.165, 1.54) is 79.0 Å². The zero-order chi connectivity index (χ0) is 86.3. The molecule has 28 nitrogen and oxygen atoms in total. The molecule has 620 valence electrons.